The van der Waals surface area contributed by atoms with Crippen LogP contribution in [0.15, 0.2) is 31.0 Å². The number of anilines is 2. The Morgan fingerprint density at radius 1 is 1.25 bits per heavy atom. The minimum absolute atomic E-state index is 0.266. The summed E-state index contributed by atoms with van der Waals surface area (Å²) in [5, 5.41) is 5.28. The first-order valence-corrected chi connectivity index (χ1v) is 8.08. The summed E-state index contributed by atoms with van der Waals surface area (Å²) in [6.07, 6.45) is 2.51. The van der Waals surface area contributed by atoms with Crippen LogP contribution in [-0.4, -0.2) is 48.9 Å². The lowest BCUT2D eigenvalue weighted by molar-refractivity contribution is -0.133. The van der Waals surface area contributed by atoms with Gasteiger partial charge < -0.3 is 15.1 Å². The summed E-state index contributed by atoms with van der Waals surface area (Å²) in [5.74, 6) is -0.950. The Hall–Kier alpha value is -2.57. The Labute approximate surface area is 140 Å². The summed E-state index contributed by atoms with van der Waals surface area (Å²) in [4.78, 5) is 27.0. The van der Waals surface area contributed by atoms with E-state index in [1.54, 1.807) is 18.3 Å². The van der Waals surface area contributed by atoms with Crippen LogP contribution in [0.5, 0.6) is 0 Å². The minimum atomic E-state index is -0.510. The Morgan fingerprint density at radius 3 is 2.62 bits per heavy atom. The second-order valence-corrected chi connectivity index (χ2v) is 6.02. The molecule has 1 aromatic carbocycles. The third kappa shape index (κ3) is 3.50. The number of hydrogen-bond acceptors (Lipinski definition) is 5. The molecule has 128 valence electrons. The highest BCUT2D eigenvalue weighted by molar-refractivity contribution is 6.01. The number of hydrogen-bond donors (Lipinski definition) is 2. The second kappa shape index (κ2) is 6.90. The number of halogens is 1. The van der Waals surface area contributed by atoms with Crippen LogP contribution in [0.1, 0.15) is 12.8 Å². The van der Waals surface area contributed by atoms with Gasteiger partial charge in [-0.05, 0) is 30.8 Å². The lowest BCUT2D eigenvalue weighted by atomic mass is 10.1. The molecule has 1 unspecified atom stereocenters. The third-order valence-electron chi connectivity index (χ3n) is 4.44. The van der Waals surface area contributed by atoms with E-state index in [0.717, 1.165) is 26.2 Å². The van der Waals surface area contributed by atoms with E-state index in [0.29, 0.717) is 17.8 Å². The lowest BCUT2D eigenvalue weighted by Gasteiger charge is -2.35. The molecule has 24 heavy (non-hydrogen) atoms. The summed E-state index contributed by atoms with van der Waals surface area (Å²) >= 11 is 0. The van der Waals surface area contributed by atoms with Gasteiger partial charge in [-0.15, -0.1) is 0 Å². The van der Waals surface area contributed by atoms with E-state index in [-0.39, 0.29) is 24.1 Å². The quantitative estimate of drug-likeness (QED) is 0.814. The molecule has 1 aromatic rings. The summed E-state index contributed by atoms with van der Waals surface area (Å²) in [6, 6.07) is 4.39. The number of rotatable bonds is 4. The van der Waals surface area contributed by atoms with E-state index in [1.165, 1.54) is 6.07 Å². The summed E-state index contributed by atoms with van der Waals surface area (Å²) in [6.45, 7) is 6.86. The first-order chi connectivity index (χ1) is 11.6. The maximum Gasteiger partial charge on any atom is 0.249 e. The first-order valence-electron chi connectivity index (χ1n) is 8.08. The molecule has 0 aliphatic carbocycles. The van der Waals surface area contributed by atoms with Gasteiger partial charge in [-0.1, -0.05) is 6.58 Å². The van der Waals surface area contributed by atoms with Crippen LogP contribution in [0, 0.1) is 5.82 Å². The molecule has 2 amide bonds. The molecule has 0 bridgehead atoms. The van der Waals surface area contributed by atoms with E-state index in [9.17, 15) is 14.0 Å². The fourth-order valence-electron chi connectivity index (χ4n) is 3.03. The van der Waals surface area contributed by atoms with Gasteiger partial charge >= 0.3 is 0 Å². The van der Waals surface area contributed by atoms with Gasteiger partial charge in [0.1, 0.15) is 11.9 Å². The number of benzene rings is 1. The fourth-order valence-corrected chi connectivity index (χ4v) is 3.03. The highest BCUT2D eigenvalue weighted by Gasteiger charge is 2.26. The van der Waals surface area contributed by atoms with Gasteiger partial charge in [-0.2, -0.15) is 0 Å². The smallest absolute Gasteiger partial charge is 0.249 e. The van der Waals surface area contributed by atoms with Gasteiger partial charge in [0, 0.05) is 38.3 Å². The van der Waals surface area contributed by atoms with Crippen molar-refractivity contribution in [3.8, 4) is 0 Å². The maximum atomic E-state index is 14.5. The molecule has 2 aliphatic heterocycles. The standard InChI is InChI=1S/C17H21FN4O2/c1-2-21-7-9-22(10-8-21)15-5-3-12(11-13(15)18)19-14-4-6-16(23)20-17(14)24/h2-3,5,11,14,19H,1,4,6-10H2,(H,20,23,24). The van der Waals surface area contributed by atoms with Crippen molar-refractivity contribution in [2.24, 2.45) is 0 Å². The first kappa shape index (κ1) is 16.3. The summed E-state index contributed by atoms with van der Waals surface area (Å²) in [7, 11) is 0. The minimum Gasteiger partial charge on any atom is -0.374 e. The number of imide groups is 1. The number of carbonyl (C=O) groups is 2. The van der Waals surface area contributed by atoms with Gasteiger partial charge in [-0.3, -0.25) is 14.9 Å². The van der Waals surface area contributed by atoms with Crippen LogP contribution < -0.4 is 15.5 Å². The van der Waals surface area contributed by atoms with Crippen molar-refractivity contribution in [1.29, 1.82) is 0 Å². The Morgan fingerprint density at radius 2 is 2.00 bits per heavy atom. The van der Waals surface area contributed by atoms with E-state index in [1.807, 2.05) is 4.90 Å². The average molecular weight is 332 g/mol. The van der Waals surface area contributed by atoms with Crippen molar-refractivity contribution < 1.29 is 14.0 Å². The van der Waals surface area contributed by atoms with E-state index in [2.05, 4.69) is 22.1 Å². The van der Waals surface area contributed by atoms with Crippen molar-refractivity contribution in [1.82, 2.24) is 10.2 Å². The van der Waals surface area contributed by atoms with E-state index >= 15 is 0 Å². The predicted molar refractivity (Wildman–Crippen MR) is 90.2 cm³/mol. The average Bonchev–Trinajstić information content (AvgIpc) is 2.58. The van der Waals surface area contributed by atoms with Gasteiger partial charge in [0.15, 0.2) is 0 Å². The Bertz CT molecular complexity index is 656. The van der Waals surface area contributed by atoms with Gasteiger partial charge in [0.2, 0.25) is 11.8 Å². The van der Waals surface area contributed by atoms with Crippen LogP contribution in [0.4, 0.5) is 15.8 Å². The van der Waals surface area contributed by atoms with Gasteiger partial charge in [0.25, 0.3) is 0 Å². The molecule has 6 nitrogen and oxygen atoms in total. The number of carbonyl (C=O) groups excluding carboxylic acids is 2. The molecular weight excluding hydrogens is 311 g/mol. The predicted octanol–water partition coefficient (Wildman–Crippen LogP) is 1.31. The highest BCUT2D eigenvalue weighted by Crippen LogP contribution is 2.25. The summed E-state index contributed by atoms with van der Waals surface area (Å²) in [5.41, 5.74) is 1.10. The van der Waals surface area contributed by atoms with Gasteiger partial charge in [-0.25, -0.2) is 4.39 Å². The van der Waals surface area contributed by atoms with Crippen LogP contribution >= 0.6 is 0 Å². The number of nitrogens with one attached hydrogen (secondary N) is 2. The van der Waals surface area contributed by atoms with Crippen molar-refractivity contribution in [2.75, 3.05) is 36.4 Å². The fraction of sp³-hybridized carbons (Fsp3) is 0.412. The second-order valence-electron chi connectivity index (χ2n) is 6.02. The molecule has 2 heterocycles. The molecular formula is C17H21FN4O2. The molecule has 2 aliphatic rings. The SMILES string of the molecule is C=CN1CCN(c2ccc(NC3CCC(=O)NC3=O)cc2F)CC1. The number of nitrogens with zero attached hydrogens (tertiary/aromatic N) is 2. The molecule has 3 rings (SSSR count). The Kier molecular flexibility index (Phi) is 4.69. The van der Waals surface area contributed by atoms with Crippen LogP contribution in [0.2, 0.25) is 0 Å². The molecule has 0 spiro atoms. The van der Waals surface area contributed by atoms with Crippen LogP contribution in [0.25, 0.3) is 0 Å². The van der Waals surface area contributed by atoms with E-state index in [4.69, 9.17) is 0 Å². The van der Waals surface area contributed by atoms with Gasteiger partial charge in [0.05, 0.1) is 5.69 Å². The molecule has 0 aromatic heterocycles. The number of piperazine rings is 1. The normalized spacial score (nSPS) is 21.5. The zero-order chi connectivity index (χ0) is 17.1. The molecule has 2 N–H and O–H groups in total. The monoisotopic (exact) mass is 332 g/mol. The van der Waals surface area contributed by atoms with E-state index < -0.39 is 6.04 Å². The molecule has 0 saturated carbocycles. The number of piperidine rings is 1. The van der Waals surface area contributed by atoms with Crippen molar-refractivity contribution in [2.45, 2.75) is 18.9 Å². The highest BCUT2D eigenvalue weighted by atomic mass is 19.1. The molecule has 7 heteroatoms. The largest absolute Gasteiger partial charge is 0.374 e. The Balaban J connectivity index is 1.65. The topological polar surface area (TPSA) is 64.7 Å². The number of amides is 2. The van der Waals surface area contributed by atoms with Crippen LogP contribution in [0.3, 0.4) is 0 Å². The lowest BCUT2D eigenvalue weighted by Crippen LogP contribution is -2.47. The van der Waals surface area contributed by atoms with Crippen molar-refractivity contribution in [3.05, 3.63) is 36.8 Å². The zero-order valence-corrected chi connectivity index (χ0v) is 13.4. The van der Waals surface area contributed by atoms with Crippen LogP contribution in [-0.2, 0) is 9.59 Å². The third-order valence-corrected chi connectivity index (χ3v) is 4.44. The maximum absolute atomic E-state index is 14.5. The van der Waals surface area contributed by atoms with Crippen molar-refractivity contribution >= 4 is 23.2 Å². The molecule has 1 atom stereocenters. The summed E-state index contributed by atoms with van der Waals surface area (Å²) < 4.78 is 14.5. The molecule has 0 radical (unpaired) electrons. The van der Waals surface area contributed by atoms with Crippen molar-refractivity contribution in [3.63, 3.8) is 0 Å². The zero-order valence-electron chi connectivity index (χ0n) is 13.4. The molecule has 2 fully saturated rings. The molecule has 2 saturated heterocycles.